The molecule has 9 heteroatoms. The normalized spacial score (nSPS) is 17.4. The SMILES string of the molecule is CC(C)[C@H](NC(=O)OCc1ccccc1)C(=O)N(C)[C@H](C(=O)N1CCC[C@H]1C(=O)OC(C)(C)C)C(C)C. The molecule has 0 aromatic heterocycles. The summed E-state index contributed by atoms with van der Waals surface area (Å²) in [5, 5.41) is 2.67. The molecule has 206 valence electrons. The summed E-state index contributed by atoms with van der Waals surface area (Å²) in [5.74, 6) is -1.60. The minimum Gasteiger partial charge on any atom is -0.458 e. The van der Waals surface area contributed by atoms with Crippen molar-refractivity contribution in [1.82, 2.24) is 15.1 Å². The Morgan fingerprint density at radius 2 is 1.68 bits per heavy atom. The van der Waals surface area contributed by atoms with Crippen molar-refractivity contribution in [1.29, 1.82) is 0 Å². The Bertz CT molecular complexity index is 941. The predicted molar refractivity (Wildman–Crippen MR) is 140 cm³/mol. The van der Waals surface area contributed by atoms with Gasteiger partial charge in [-0.05, 0) is 51.0 Å². The third-order valence-electron chi connectivity index (χ3n) is 6.28. The highest BCUT2D eigenvalue weighted by molar-refractivity contribution is 5.93. The van der Waals surface area contributed by atoms with Gasteiger partial charge in [0, 0.05) is 13.6 Å². The topological polar surface area (TPSA) is 105 Å². The molecule has 2 rings (SSSR count). The van der Waals surface area contributed by atoms with E-state index in [2.05, 4.69) is 5.32 Å². The molecule has 0 bridgehead atoms. The maximum atomic E-state index is 13.7. The van der Waals surface area contributed by atoms with Crippen LogP contribution in [0.1, 0.15) is 66.9 Å². The summed E-state index contributed by atoms with van der Waals surface area (Å²) in [5.41, 5.74) is 0.168. The van der Waals surface area contributed by atoms with E-state index in [1.54, 1.807) is 27.8 Å². The van der Waals surface area contributed by atoms with Crippen LogP contribution in [-0.4, -0.2) is 71.0 Å². The molecule has 1 saturated heterocycles. The molecule has 0 saturated carbocycles. The number of likely N-dealkylation sites (tertiary alicyclic amines) is 1. The first-order valence-corrected chi connectivity index (χ1v) is 13.0. The molecular weight excluding hydrogens is 474 g/mol. The number of rotatable bonds is 9. The Balaban J connectivity index is 2.14. The first-order chi connectivity index (χ1) is 17.2. The zero-order chi connectivity index (χ0) is 27.9. The van der Waals surface area contributed by atoms with Gasteiger partial charge in [0.25, 0.3) is 0 Å². The highest BCUT2D eigenvalue weighted by atomic mass is 16.6. The zero-order valence-electron chi connectivity index (χ0n) is 23.4. The summed E-state index contributed by atoms with van der Waals surface area (Å²) in [4.78, 5) is 55.5. The Hall–Kier alpha value is -3.10. The van der Waals surface area contributed by atoms with E-state index in [9.17, 15) is 19.2 Å². The number of ether oxygens (including phenoxy) is 2. The molecular formula is C28H43N3O6. The Morgan fingerprint density at radius 1 is 1.05 bits per heavy atom. The van der Waals surface area contributed by atoms with Gasteiger partial charge in [-0.1, -0.05) is 58.0 Å². The number of hydrogen-bond acceptors (Lipinski definition) is 6. The minimum absolute atomic E-state index is 0.0790. The number of carbonyl (C=O) groups is 4. The molecule has 0 spiro atoms. The number of likely N-dealkylation sites (N-methyl/N-ethyl adjacent to an activating group) is 1. The average molecular weight is 518 g/mol. The second kappa shape index (κ2) is 12.9. The standard InChI is InChI=1S/C28H43N3O6/c1-18(2)22(29-27(35)36-17-20-13-10-9-11-14-20)24(32)30(8)23(19(3)4)25(33)31-16-12-15-21(31)26(34)37-28(5,6)7/h9-11,13-14,18-19,21-23H,12,15-17H2,1-8H3,(H,29,35)/t21-,22-,23-/m0/s1. The van der Waals surface area contributed by atoms with Crippen molar-refractivity contribution in [3.8, 4) is 0 Å². The second-order valence-corrected chi connectivity index (χ2v) is 11.3. The van der Waals surface area contributed by atoms with Gasteiger partial charge in [0.1, 0.15) is 30.3 Å². The van der Waals surface area contributed by atoms with Crippen molar-refractivity contribution < 1.29 is 28.7 Å². The van der Waals surface area contributed by atoms with Gasteiger partial charge >= 0.3 is 12.1 Å². The van der Waals surface area contributed by atoms with E-state index >= 15 is 0 Å². The lowest BCUT2D eigenvalue weighted by Gasteiger charge is -2.37. The second-order valence-electron chi connectivity index (χ2n) is 11.3. The number of benzene rings is 1. The monoisotopic (exact) mass is 517 g/mol. The van der Waals surface area contributed by atoms with Crippen molar-refractivity contribution >= 4 is 23.9 Å². The van der Waals surface area contributed by atoms with Gasteiger partial charge in [0.05, 0.1) is 0 Å². The van der Waals surface area contributed by atoms with Gasteiger partial charge in [0.2, 0.25) is 11.8 Å². The van der Waals surface area contributed by atoms with E-state index in [0.29, 0.717) is 19.4 Å². The van der Waals surface area contributed by atoms with Gasteiger partial charge in [0.15, 0.2) is 0 Å². The quantitative estimate of drug-likeness (QED) is 0.500. The number of hydrogen-bond donors (Lipinski definition) is 1. The van der Waals surface area contributed by atoms with Crippen molar-refractivity contribution in [2.75, 3.05) is 13.6 Å². The smallest absolute Gasteiger partial charge is 0.408 e. The van der Waals surface area contributed by atoms with Crippen LogP contribution in [0, 0.1) is 11.8 Å². The molecule has 3 amide bonds. The number of alkyl carbamates (subject to hydrolysis) is 1. The molecule has 0 aliphatic carbocycles. The van der Waals surface area contributed by atoms with Crippen LogP contribution in [0.2, 0.25) is 0 Å². The lowest BCUT2D eigenvalue weighted by molar-refractivity contribution is -0.165. The Kier molecular flexibility index (Phi) is 10.5. The van der Waals surface area contributed by atoms with Gasteiger partial charge in [-0.15, -0.1) is 0 Å². The molecule has 0 radical (unpaired) electrons. The van der Waals surface area contributed by atoms with E-state index in [1.807, 2.05) is 58.0 Å². The maximum absolute atomic E-state index is 13.7. The molecule has 3 atom stereocenters. The van der Waals surface area contributed by atoms with Crippen molar-refractivity contribution in [3.63, 3.8) is 0 Å². The van der Waals surface area contributed by atoms with Gasteiger partial charge in [-0.2, -0.15) is 0 Å². The van der Waals surface area contributed by atoms with Crippen molar-refractivity contribution in [2.24, 2.45) is 11.8 Å². The number of esters is 1. The number of nitrogens with zero attached hydrogens (tertiary/aromatic N) is 2. The van der Waals surface area contributed by atoms with E-state index in [-0.39, 0.29) is 24.3 Å². The fraction of sp³-hybridized carbons (Fsp3) is 0.643. The Labute approximate surface area is 220 Å². The molecule has 1 aromatic rings. The average Bonchev–Trinajstić information content (AvgIpc) is 3.30. The highest BCUT2D eigenvalue weighted by Gasteiger charge is 2.43. The predicted octanol–water partition coefficient (Wildman–Crippen LogP) is 3.75. The van der Waals surface area contributed by atoms with E-state index in [1.165, 1.54) is 9.80 Å². The summed E-state index contributed by atoms with van der Waals surface area (Å²) in [7, 11) is 1.57. The molecule has 0 unspecified atom stereocenters. The van der Waals surface area contributed by atoms with Crippen LogP contribution in [0.15, 0.2) is 30.3 Å². The van der Waals surface area contributed by atoms with Crippen LogP contribution >= 0.6 is 0 Å². The minimum atomic E-state index is -0.887. The lowest BCUT2D eigenvalue weighted by atomic mass is 9.97. The first-order valence-electron chi connectivity index (χ1n) is 13.0. The van der Waals surface area contributed by atoms with Gasteiger partial charge < -0.3 is 24.6 Å². The van der Waals surface area contributed by atoms with Crippen LogP contribution in [0.4, 0.5) is 4.79 Å². The maximum Gasteiger partial charge on any atom is 0.408 e. The fourth-order valence-corrected chi connectivity index (χ4v) is 4.48. The van der Waals surface area contributed by atoms with Crippen LogP contribution in [0.3, 0.4) is 0 Å². The fourth-order valence-electron chi connectivity index (χ4n) is 4.48. The van der Waals surface area contributed by atoms with E-state index < -0.39 is 41.7 Å². The van der Waals surface area contributed by atoms with Crippen molar-refractivity contribution in [2.45, 2.75) is 91.6 Å². The highest BCUT2D eigenvalue weighted by Crippen LogP contribution is 2.25. The summed E-state index contributed by atoms with van der Waals surface area (Å²) >= 11 is 0. The van der Waals surface area contributed by atoms with E-state index in [0.717, 1.165) is 5.56 Å². The molecule has 1 heterocycles. The number of nitrogens with one attached hydrogen (secondary N) is 1. The summed E-state index contributed by atoms with van der Waals surface area (Å²) < 4.78 is 10.9. The molecule has 1 fully saturated rings. The molecule has 9 nitrogen and oxygen atoms in total. The summed E-state index contributed by atoms with van der Waals surface area (Å²) in [6.07, 6.45) is 0.495. The molecule has 1 N–H and O–H groups in total. The molecule has 1 aromatic carbocycles. The third kappa shape index (κ3) is 8.47. The number of carbonyl (C=O) groups excluding carboxylic acids is 4. The zero-order valence-corrected chi connectivity index (χ0v) is 23.4. The molecule has 1 aliphatic heterocycles. The molecule has 37 heavy (non-hydrogen) atoms. The van der Waals surface area contributed by atoms with Gasteiger partial charge in [-0.3, -0.25) is 9.59 Å². The van der Waals surface area contributed by atoms with E-state index in [4.69, 9.17) is 9.47 Å². The number of amides is 3. The van der Waals surface area contributed by atoms with Crippen LogP contribution in [0.25, 0.3) is 0 Å². The first kappa shape index (κ1) is 30.1. The van der Waals surface area contributed by atoms with Crippen LogP contribution < -0.4 is 5.32 Å². The lowest BCUT2D eigenvalue weighted by Crippen LogP contribution is -2.59. The molecule has 1 aliphatic rings. The van der Waals surface area contributed by atoms with Crippen LogP contribution in [0.5, 0.6) is 0 Å². The third-order valence-corrected chi connectivity index (χ3v) is 6.28. The summed E-state index contributed by atoms with van der Waals surface area (Å²) in [6.45, 7) is 13.2. The largest absolute Gasteiger partial charge is 0.458 e. The Morgan fingerprint density at radius 3 is 2.22 bits per heavy atom. The van der Waals surface area contributed by atoms with Crippen LogP contribution in [-0.2, 0) is 30.5 Å². The van der Waals surface area contributed by atoms with Crippen molar-refractivity contribution in [3.05, 3.63) is 35.9 Å². The summed E-state index contributed by atoms with van der Waals surface area (Å²) in [6, 6.07) is 6.88. The van der Waals surface area contributed by atoms with Gasteiger partial charge in [-0.25, -0.2) is 9.59 Å².